The predicted octanol–water partition coefficient (Wildman–Crippen LogP) is 2.62. The Balaban J connectivity index is 3.02. The molecule has 0 N–H and O–H groups in total. The largest absolute Gasteiger partial charge is 0.495 e. The van der Waals surface area contributed by atoms with Crippen molar-refractivity contribution >= 4 is 17.2 Å². The summed E-state index contributed by atoms with van der Waals surface area (Å²) in [7, 11) is 3.54. The summed E-state index contributed by atoms with van der Waals surface area (Å²) in [5, 5.41) is 1.11. The molecule has 3 nitrogen and oxygen atoms in total. The average molecular weight is 217 g/mol. The number of nitrogens with zero attached hydrogens (tertiary/aromatic N) is 1. The van der Waals surface area contributed by atoms with E-state index in [0.29, 0.717) is 5.69 Å². The number of aromatic nitrogens is 1. The number of hydrogen-bond acceptors (Lipinski definition) is 2. The zero-order chi connectivity index (χ0) is 11.9. The topological polar surface area (TPSA) is 31.2 Å². The smallest absolute Gasteiger partial charge is 0.166 e. The molecule has 0 saturated heterocycles. The highest BCUT2D eigenvalue weighted by Crippen LogP contribution is 2.33. The van der Waals surface area contributed by atoms with Crippen LogP contribution in [0.2, 0.25) is 0 Å². The molecule has 1 aromatic carbocycles. The highest BCUT2D eigenvalue weighted by molar-refractivity contribution is 5.98. The fourth-order valence-corrected chi connectivity index (χ4v) is 2.31. The average Bonchev–Trinajstić information content (AvgIpc) is 2.53. The van der Waals surface area contributed by atoms with E-state index in [2.05, 4.69) is 0 Å². The van der Waals surface area contributed by atoms with E-state index in [-0.39, 0.29) is 0 Å². The van der Waals surface area contributed by atoms with E-state index in [9.17, 15) is 4.79 Å². The first-order valence-corrected chi connectivity index (χ1v) is 5.19. The molecule has 0 aliphatic heterocycles. The number of hydrogen-bond donors (Lipinski definition) is 0. The van der Waals surface area contributed by atoms with Crippen LogP contribution in [0.3, 0.4) is 0 Å². The summed E-state index contributed by atoms with van der Waals surface area (Å²) in [5.41, 5.74) is 3.88. The van der Waals surface area contributed by atoms with Gasteiger partial charge in [-0.15, -0.1) is 0 Å². The Kier molecular flexibility index (Phi) is 2.46. The van der Waals surface area contributed by atoms with Gasteiger partial charge >= 0.3 is 0 Å². The van der Waals surface area contributed by atoms with Crippen molar-refractivity contribution in [1.82, 2.24) is 4.57 Å². The minimum absolute atomic E-state index is 0.711. The number of ether oxygens (including phenoxy) is 1. The normalized spacial score (nSPS) is 10.8. The minimum Gasteiger partial charge on any atom is -0.495 e. The Hall–Kier alpha value is -1.77. The van der Waals surface area contributed by atoms with Crippen LogP contribution in [0.15, 0.2) is 12.1 Å². The molecule has 1 heterocycles. The van der Waals surface area contributed by atoms with Crippen LogP contribution in [0, 0.1) is 13.8 Å². The van der Waals surface area contributed by atoms with E-state index in [1.54, 1.807) is 7.11 Å². The molecule has 0 bridgehead atoms. The summed E-state index contributed by atoms with van der Waals surface area (Å²) in [6, 6.07) is 3.95. The van der Waals surface area contributed by atoms with E-state index in [1.165, 1.54) is 0 Å². The van der Waals surface area contributed by atoms with Crippen molar-refractivity contribution in [1.29, 1.82) is 0 Å². The van der Waals surface area contributed by atoms with Gasteiger partial charge in [0.2, 0.25) is 0 Å². The zero-order valence-electron chi connectivity index (χ0n) is 10.00. The summed E-state index contributed by atoms with van der Waals surface area (Å²) in [4.78, 5) is 11.1. The van der Waals surface area contributed by atoms with Crippen LogP contribution in [0.1, 0.15) is 21.6 Å². The molecule has 0 spiro atoms. The summed E-state index contributed by atoms with van der Waals surface area (Å²) in [5.74, 6) is 0.805. The highest BCUT2D eigenvalue weighted by atomic mass is 16.5. The van der Waals surface area contributed by atoms with Crippen molar-refractivity contribution in [2.45, 2.75) is 13.8 Å². The number of carbonyl (C=O) groups is 1. The van der Waals surface area contributed by atoms with Gasteiger partial charge in [-0.1, -0.05) is 6.07 Å². The summed E-state index contributed by atoms with van der Waals surface area (Å²) >= 11 is 0. The monoisotopic (exact) mass is 217 g/mol. The number of methoxy groups -OCH3 is 1. The van der Waals surface area contributed by atoms with E-state index < -0.39 is 0 Å². The summed E-state index contributed by atoms with van der Waals surface area (Å²) in [6.07, 6.45) is 0.897. The Labute approximate surface area is 94.6 Å². The van der Waals surface area contributed by atoms with Crippen LogP contribution in [-0.4, -0.2) is 18.0 Å². The van der Waals surface area contributed by atoms with Crippen molar-refractivity contribution in [3.05, 3.63) is 29.0 Å². The van der Waals surface area contributed by atoms with Crippen LogP contribution in [0.4, 0.5) is 0 Å². The molecule has 0 fully saturated rings. The maximum atomic E-state index is 11.1. The Morgan fingerprint density at radius 3 is 2.56 bits per heavy atom. The van der Waals surface area contributed by atoms with Gasteiger partial charge in [-0.2, -0.15) is 0 Å². The van der Waals surface area contributed by atoms with Crippen molar-refractivity contribution in [3.8, 4) is 5.75 Å². The molecule has 1 aromatic heterocycles. The van der Waals surface area contributed by atoms with Gasteiger partial charge in [-0.05, 0) is 31.0 Å². The van der Waals surface area contributed by atoms with Crippen molar-refractivity contribution in [2.75, 3.05) is 7.11 Å². The van der Waals surface area contributed by atoms with Gasteiger partial charge in [0, 0.05) is 12.4 Å². The summed E-state index contributed by atoms with van der Waals surface area (Å²) < 4.78 is 7.23. The number of benzene rings is 1. The van der Waals surface area contributed by atoms with Crippen molar-refractivity contribution in [3.63, 3.8) is 0 Å². The lowest BCUT2D eigenvalue weighted by Gasteiger charge is -2.06. The van der Waals surface area contributed by atoms with E-state index in [0.717, 1.165) is 34.1 Å². The molecule has 0 radical (unpaired) electrons. The third-order valence-electron chi connectivity index (χ3n) is 3.14. The molecule has 84 valence electrons. The van der Waals surface area contributed by atoms with Gasteiger partial charge in [0.15, 0.2) is 6.29 Å². The fraction of sp³-hybridized carbons (Fsp3) is 0.308. The molecule has 2 aromatic rings. The molecule has 0 aliphatic carbocycles. The molecular weight excluding hydrogens is 202 g/mol. The second kappa shape index (κ2) is 3.67. The van der Waals surface area contributed by atoms with Crippen LogP contribution in [-0.2, 0) is 7.05 Å². The second-order valence-corrected chi connectivity index (χ2v) is 4.00. The lowest BCUT2D eigenvalue weighted by Crippen LogP contribution is -1.96. The van der Waals surface area contributed by atoms with Gasteiger partial charge < -0.3 is 9.30 Å². The van der Waals surface area contributed by atoms with Crippen molar-refractivity contribution < 1.29 is 9.53 Å². The first-order valence-electron chi connectivity index (χ1n) is 5.19. The number of rotatable bonds is 2. The summed E-state index contributed by atoms with van der Waals surface area (Å²) in [6.45, 7) is 4.02. The standard InChI is InChI=1S/C13H15NO2/c1-8-5-6-11(16-4)13-12(8)9(2)10(7-15)14(13)3/h5-7H,1-4H3. The number of fused-ring (bicyclic) bond motifs is 1. The fourth-order valence-electron chi connectivity index (χ4n) is 2.31. The zero-order valence-corrected chi connectivity index (χ0v) is 10.00. The van der Waals surface area contributed by atoms with Gasteiger partial charge in [-0.25, -0.2) is 0 Å². The van der Waals surface area contributed by atoms with E-state index in [1.807, 2.05) is 37.6 Å². The number of carbonyl (C=O) groups excluding carboxylic acids is 1. The van der Waals surface area contributed by atoms with Crippen molar-refractivity contribution in [2.24, 2.45) is 7.05 Å². The highest BCUT2D eigenvalue weighted by Gasteiger charge is 2.16. The Bertz CT molecular complexity index is 567. The Morgan fingerprint density at radius 2 is 2.00 bits per heavy atom. The molecule has 3 heteroatoms. The molecular formula is C13H15NO2. The first-order chi connectivity index (χ1) is 7.61. The predicted molar refractivity (Wildman–Crippen MR) is 64.3 cm³/mol. The molecule has 0 amide bonds. The van der Waals surface area contributed by atoms with Gasteiger partial charge in [0.1, 0.15) is 5.75 Å². The minimum atomic E-state index is 0.711. The van der Waals surface area contributed by atoms with Crippen LogP contribution >= 0.6 is 0 Å². The Morgan fingerprint density at radius 1 is 1.31 bits per heavy atom. The lowest BCUT2D eigenvalue weighted by molar-refractivity contribution is 0.111. The third kappa shape index (κ3) is 1.24. The molecule has 0 atom stereocenters. The molecule has 0 saturated carbocycles. The molecule has 16 heavy (non-hydrogen) atoms. The van der Waals surface area contributed by atoms with Crippen LogP contribution in [0.25, 0.3) is 10.9 Å². The maximum Gasteiger partial charge on any atom is 0.166 e. The third-order valence-corrected chi connectivity index (χ3v) is 3.14. The van der Waals surface area contributed by atoms with Crippen LogP contribution in [0.5, 0.6) is 5.75 Å². The maximum absolute atomic E-state index is 11.1. The molecule has 0 aliphatic rings. The first kappa shape index (κ1) is 10.7. The van der Waals surface area contributed by atoms with E-state index in [4.69, 9.17) is 4.74 Å². The van der Waals surface area contributed by atoms with Gasteiger partial charge in [0.05, 0.1) is 18.3 Å². The second-order valence-electron chi connectivity index (χ2n) is 4.00. The lowest BCUT2D eigenvalue weighted by atomic mass is 10.1. The SMILES string of the molecule is COc1ccc(C)c2c(C)c(C=O)n(C)c12. The molecule has 2 rings (SSSR count). The number of aryl methyl sites for hydroxylation is 3. The van der Waals surface area contributed by atoms with Gasteiger partial charge in [0.25, 0.3) is 0 Å². The molecule has 0 unspecified atom stereocenters. The van der Waals surface area contributed by atoms with Gasteiger partial charge in [-0.3, -0.25) is 4.79 Å². The quantitative estimate of drug-likeness (QED) is 0.724. The number of aldehydes is 1. The van der Waals surface area contributed by atoms with E-state index >= 15 is 0 Å². The van der Waals surface area contributed by atoms with Crippen LogP contribution < -0.4 is 4.74 Å².